The number of rotatable bonds is 3. The van der Waals surface area contributed by atoms with Crippen LogP contribution in [0.3, 0.4) is 0 Å². The molecular formula is C22H26N4OS. The van der Waals surface area contributed by atoms with E-state index in [2.05, 4.69) is 41.2 Å². The highest BCUT2D eigenvalue weighted by Crippen LogP contribution is 2.28. The van der Waals surface area contributed by atoms with Crippen LogP contribution in [0.25, 0.3) is 11.0 Å². The van der Waals surface area contributed by atoms with Crippen LogP contribution in [0, 0.1) is 13.8 Å². The molecule has 0 aliphatic carbocycles. The SMILES string of the molecule is COc1cccc(NC(=S)N2CCCC(c3nc4cc(C)c(C)cc4[nH]3)C2)c1. The number of nitrogens with one attached hydrogen (secondary N) is 2. The first-order chi connectivity index (χ1) is 13.5. The molecule has 28 heavy (non-hydrogen) atoms. The van der Waals surface area contributed by atoms with Crippen molar-refractivity contribution < 1.29 is 4.74 Å². The summed E-state index contributed by atoms with van der Waals surface area (Å²) in [4.78, 5) is 10.7. The van der Waals surface area contributed by atoms with Crippen molar-refractivity contribution in [1.29, 1.82) is 0 Å². The summed E-state index contributed by atoms with van der Waals surface area (Å²) in [5.41, 5.74) is 5.68. The topological polar surface area (TPSA) is 53.2 Å². The predicted molar refractivity (Wildman–Crippen MR) is 118 cm³/mol. The molecule has 146 valence electrons. The van der Waals surface area contributed by atoms with Gasteiger partial charge in [-0.1, -0.05) is 6.07 Å². The summed E-state index contributed by atoms with van der Waals surface area (Å²) in [7, 11) is 1.67. The maximum absolute atomic E-state index is 5.68. The van der Waals surface area contributed by atoms with Gasteiger partial charge in [0, 0.05) is 30.8 Å². The summed E-state index contributed by atoms with van der Waals surface area (Å²) in [5.74, 6) is 2.23. The Kier molecular flexibility index (Phi) is 5.22. The molecule has 6 heteroatoms. The first-order valence-corrected chi connectivity index (χ1v) is 10.1. The Morgan fingerprint density at radius 2 is 2.07 bits per heavy atom. The van der Waals surface area contributed by atoms with Gasteiger partial charge >= 0.3 is 0 Å². The molecule has 1 atom stereocenters. The lowest BCUT2D eigenvalue weighted by atomic mass is 9.98. The number of methoxy groups -OCH3 is 1. The second-order valence-electron chi connectivity index (χ2n) is 7.52. The number of likely N-dealkylation sites (tertiary alicyclic amines) is 1. The molecular weight excluding hydrogens is 368 g/mol. The van der Waals surface area contributed by atoms with Crippen molar-refractivity contribution in [1.82, 2.24) is 14.9 Å². The molecule has 1 fully saturated rings. The Morgan fingerprint density at radius 1 is 1.25 bits per heavy atom. The number of anilines is 1. The number of imidazole rings is 1. The fourth-order valence-corrected chi connectivity index (χ4v) is 4.05. The van der Waals surface area contributed by atoms with Gasteiger partial charge in [-0.05, 0) is 74.3 Å². The minimum atomic E-state index is 0.354. The van der Waals surface area contributed by atoms with Gasteiger partial charge in [-0.2, -0.15) is 0 Å². The van der Waals surface area contributed by atoms with Crippen LogP contribution < -0.4 is 10.1 Å². The Balaban J connectivity index is 1.48. The van der Waals surface area contributed by atoms with E-state index in [4.69, 9.17) is 21.9 Å². The highest BCUT2D eigenvalue weighted by Gasteiger charge is 2.25. The zero-order valence-corrected chi connectivity index (χ0v) is 17.4. The Hall–Kier alpha value is -2.60. The van der Waals surface area contributed by atoms with E-state index in [1.807, 2.05) is 24.3 Å². The largest absolute Gasteiger partial charge is 0.497 e. The van der Waals surface area contributed by atoms with Gasteiger partial charge in [0.05, 0.1) is 18.1 Å². The van der Waals surface area contributed by atoms with Crippen LogP contribution in [-0.4, -0.2) is 40.2 Å². The Morgan fingerprint density at radius 3 is 2.89 bits per heavy atom. The van der Waals surface area contributed by atoms with E-state index in [0.29, 0.717) is 5.92 Å². The van der Waals surface area contributed by atoms with Crippen molar-refractivity contribution in [3.63, 3.8) is 0 Å². The molecule has 2 aromatic carbocycles. The number of aromatic nitrogens is 2. The van der Waals surface area contributed by atoms with Gasteiger partial charge in [0.15, 0.2) is 5.11 Å². The van der Waals surface area contributed by atoms with Gasteiger partial charge in [-0.15, -0.1) is 0 Å². The van der Waals surface area contributed by atoms with E-state index < -0.39 is 0 Å². The molecule has 1 aromatic heterocycles. The third-order valence-corrected chi connectivity index (χ3v) is 5.89. The zero-order chi connectivity index (χ0) is 19.7. The third kappa shape index (κ3) is 3.83. The molecule has 0 amide bonds. The van der Waals surface area contributed by atoms with E-state index in [-0.39, 0.29) is 0 Å². The molecule has 1 saturated heterocycles. The lowest BCUT2D eigenvalue weighted by Crippen LogP contribution is -2.41. The molecule has 5 nitrogen and oxygen atoms in total. The number of benzene rings is 2. The van der Waals surface area contributed by atoms with Crippen LogP contribution in [0.5, 0.6) is 5.75 Å². The number of thiocarbonyl (C=S) groups is 1. The summed E-state index contributed by atoms with van der Waals surface area (Å²) < 4.78 is 5.29. The number of ether oxygens (including phenoxy) is 1. The normalized spacial score (nSPS) is 17.0. The van der Waals surface area contributed by atoms with Gasteiger partial charge in [0.1, 0.15) is 11.6 Å². The molecule has 4 rings (SSSR count). The van der Waals surface area contributed by atoms with Crippen molar-refractivity contribution in [2.24, 2.45) is 0 Å². The van der Waals surface area contributed by atoms with E-state index in [1.165, 1.54) is 11.1 Å². The Labute approximate surface area is 171 Å². The highest BCUT2D eigenvalue weighted by molar-refractivity contribution is 7.80. The summed E-state index contributed by atoms with van der Waals surface area (Å²) >= 11 is 5.68. The molecule has 2 N–H and O–H groups in total. The summed E-state index contributed by atoms with van der Waals surface area (Å²) in [6.07, 6.45) is 2.22. The first kappa shape index (κ1) is 18.7. The fourth-order valence-electron chi connectivity index (χ4n) is 3.77. The Bertz CT molecular complexity index is 974. The fraction of sp³-hybridized carbons (Fsp3) is 0.364. The van der Waals surface area contributed by atoms with E-state index in [9.17, 15) is 0 Å². The highest BCUT2D eigenvalue weighted by atomic mass is 32.1. The molecule has 1 aliphatic heterocycles. The molecule has 1 aliphatic rings. The minimum absolute atomic E-state index is 0.354. The third-order valence-electron chi connectivity index (χ3n) is 5.53. The number of aryl methyl sites for hydroxylation is 2. The van der Waals surface area contributed by atoms with E-state index in [0.717, 1.165) is 59.3 Å². The van der Waals surface area contributed by atoms with Crippen molar-refractivity contribution in [2.75, 3.05) is 25.5 Å². The van der Waals surface area contributed by atoms with Crippen LogP contribution in [0.15, 0.2) is 36.4 Å². The monoisotopic (exact) mass is 394 g/mol. The summed E-state index contributed by atoms with van der Waals surface area (Å²) in [6.45, 7) is 6.10. The van der Waals surface area contributed by atoms with Crippen LogP contribution in [0.4, 0.5) is 5.69 Å². The van der Waals surface area contributed by atoms with Gasteiger partial charge in [-0.3, -0.25) is 0 Å². The molecule has 1 unspecified atom stereocenters. The first-order valence-electron chi connectivity index (χ1n) is 9.70. The molecule has 0 radical (unpaired) electrons. The van der Waals surface area contributed by atoms with E-state index in [1.54, 1.807) is 7.11 Å². The maximum atomic E-state index is 5.68. The van der Waals surface area contributed by atoms with Gasteiger partial charge < -0.3 is 19.9 Å². The molecule has 0 spiro atoms. The lowest BCUT2D eigenvalue weighted by Gasteiger charge is -2.33. The number of H-pyrrole nitrogens is 1. The quantitative estimate of drug-likeness (QED) is 0.627. The molecule has 0 saturated carbocycles. The molecule has 0 bridgehead atoms. The van der Waals surface area contributed by atoms with Gasteiger partial charge in [-0.25, -0.2) is 4.98 Å². The maximum Gasteiger partial charge on any atom is 0.173 e. The van der Waals surface area contributed by atoms with Crippen molar-refractivity contribution in [3.05, 3.63) is 53.3 Å². The molecule has 2 heterocycles. The van der Waals surface area contributed by atoms with Crippen LogP contribution in [0.2, 0.25) is 0 Å². The number of hydrogen-bond acceptors (Lipinski definition) is 3. The number of piperidine rings is 1. The number of fused-ring (bicyclic) bond motifs is 1. The summed E-state index contributed by atoms with van der Waals surface area (Å²) in [6, 6.07) is 12.2. The minimum Gasteiger partial charge on any atom is -0.497 e. The van der Waals surface area contributed by atoms with Crippen LogP contribution in [0.1, 0.15) is 35.7 Å². The van der Waals surface area contributed by atoms with Gasteiger partial charge in [0.2, 0.25) is 0 Å². The number of aromatic amines is 1. The second-order valence-corrected chi connectivity index (χ2v) is 7.91. The molecule has 3 aromatic rings. The van der Waals surface area contributed by atoms with Crippen LogP contribution in [-0.2, 0) is 0 Å². The predicted octanol–water partition coefficient (Wildman–Crippen LogP) is 4.76. The second kappa shape index (κ2) is 7.80. The number of nitrogens with zero attached hydrogens (tertiary/aromatic N) is 2. The van der Waals surface area contributed by atoms with Crippen molar-refractivity contribution in [2.45, 2.75) is 32.6 Å². The van der Waals surface area contributed by atoms with Crippen LogP contribution >= 0.6 is 12.2 Å². The smallest absolute Gasteiger partial charge is 0.173 e. The van der Waals surface area contributed by atoms with Crippen molar-refractivity contribution >= 4 is 34.1 Å². The summed E-state index contributed by atoms with van der Waals surface area (Å²) in [5, 5.41) is 4.10. The lowest BCUT2D eigenvalue weighted by molar-refractivity contribution is 0.307. The number of hydrogen-bond donors (Lipinski definition) is 2. The van der Waals surface area contributed by atoms with Crippen molar-refractivity contribution in [3.8, 4) is 5.75 Å². The average Bonchev–Trinajstić information content (AvgIpc) is 3.11. The zero-order valence-electron chi connectivity index (χ0n) is 16.6. The average molecular weight is 395 g/mol. The standard InChI is InChI=1S/C22H26N4OS/c1-14-10-19-20(11-15(14)2)25-21(24-19)16-6-5-9-26(13-16)22(28)23-17-7-4-8-18(12-17)27-3/h4,7-8,10-12,16H,5-6,9,13H2,1-3H3,(H,23,28)(H,24,25). The van der Waals surface area contributed by atoms with Gasteiger partial charge in [0.25, 0.3) is 0 Å². The van der Waals surface area contributed by atoms with E-state index >= 15 is 0 Å².